The summed E-state index contributed by atoms with van der Waals surface area (Å²) in [4.78, 5) is 18.7. The van der Waals surface area contributed by atoms with Gasteiger partial charge in [-0.15, -0.1) is 0 Å². The minimum absolute atomic E-state index is 0.00785. The molecule has 0 spiro atoms. The lowest BCUT2D eigenvalue weighted by Crippen LogP contribution is -2.02. The summed E-state index contributed by atoms with van der Waals surface area (Å²) in [7, 11) is 0. The van der Waals surface area contributed by atoms with E-state index in [0.29, 0.717) is 22.9 Å². The van der Waals surface area contributed by atoms with Crippen LogP contribution < -0.4 is 5.32 Å². The molecule has 6 nitrogen and oxygen atoms in total. The number of nitrogens with zero attached hydrogens (tertiary/aromatic N) is 2. The average Bonchev–Trinajstić information content (AvgIpc) is 2.31. The van der Waals surface area contributed by atoms with E-state index in [9.17, 15) is 9.90 Å². The van der Waals surface area contributed by atoms with Crippen molar-refractivity contribution in [2.45, 2.75) is 13.3 Å². The topological polar surface area (TPSA) is 95.3 Å². The van der Waals surface area contributed by atoms with Gasteiger partial charge in [-0.1, -0.05) is 17.7 Å². The number of hydrogen-bond acceptors (Lipinski definition) is 5. The van der Waals surface area contributed by atoms with Crippen molar-refractivity contribution in [1.82, 2.24) is 9.97 Å². The number of hydrogen-bond donors (Lipinski definition) is 3. The fourth-order valence-corrected chi connectivity index (χ4v) is 1.93. The van der Waals surface area contributed by atoms with Crippen molar-refractivity contribution < 1.29 is 15.0 Å². The number of phenolic OH excluding ortho intramolecular Hbond substituents is 1. The number of phenols is 1. The average molecular weight is 294 g/mol. The molecule has 1 heterocycles. The Balaban J connectivity index is 2.29. The van der Waals surface area contributed by atoms with Crippen LogP contribution in [0.2, 0.25) is 5.15 Å². The highest BCUT2D eigenvalue weighted by atomic mass is 35.5. The van der Waals surface area contributed by atoms with Crippen LogP contribution >= 0.6 is 11.6 Å². The maximum Gasteiger partial charge on any atom is 0.307 e. The zero-order chi connectivity index (χ0) is 14.7. The molecular weight excluding hydrogens is 282 g/mol. The molecule has 7 heteroatoms. The molecule has 0 unspecified atom stereocenters. The molecule has 0 amide bonds. The number of carboxylic acid groups (broad SMARTS) is 1. The predicted octanol–water partition coefficient (Wildman–Crippen LogP) is 2.51. The first-order valence-electron chi connectivity index (χ1n) is 5.76. The number of carboxylic acids is 1. The van der Waals surface area contributed by atoms with Crippen molar-refractivity contribution >= 4 is 29.1 Å². The standard InChI is InChI=1S/C13H12ClN3O3/c1-7-15-11(14)6-12(16-7)17-9-4-8(5-13(19)20)2-3-10(9)18/h2-4,6,18H,5H2,1H3,(H,19,20)(H,15,16,17). The SMILES string of the molecule is Cc1nc(Cl)cc(Nc2cc(CC(=O)O)ccc2O)n1. The highest BCUT2D eigenvalue weighted by molar-refractivity contribution is 6.29. The molecule has 1 aromatic carbocycles. The molecule has 0 saturated heterocycles. The van der Waals surface area contributed by atoms with Gasteiger partial charge in [-0.25, -0.2) is 9.97 Å². The van der Waals surface area contributed by atoms with Gasteiger partial charge < -0.3 is 15.5 Å². The summed E-state index contributed by atoms with van der Waals surface area (Å²) in [5, 5.41) is 21.7. The van der Waals surface area contributed by atoms with E-state index in [1.807, 2.05) is 0 Å². The molecule has 0 atom stereocenters. The number of rotatable bonds is 4. The van der Waals surface area contributed by atoms with Gasteiger partial charge in [0.15, 0.2) is 0 Å². The second-order valence-corrected chi connectivity index (χ2v) is 4.56. The lowest BCUT2D eigenvalue weighted by Gasteiger charge is -2.10. The van der Waals surface area contributed by atoms with E-state index in [4.69, 9.17) is 16.7 Å². The molecule has 2 rings (SSSR count). The van der Waals surface area contributed by atoms with E-state index >= 15 is 0 Å². The van der Waals surface area contributed by atoms with Crippen molar-refractivity contribution in [3.05, 3.63) is 40.8 Å². The van der Waals surface area contributed by atoms with E-state index in [1.165, 1.54) is 12.1 Å². The quantitative estimate of drug-likeness (QED) is 0.592. The van der Waals surface area contributed by atoms with Crippen molar-refractivity contribution in [3.8, 4) is 5.75 Å². The monoisotopic (exact) mass is 293 g/mol. The minimum atomic E-state index is -0.942. The number of aromatic nitrogens is 2. The number of aryl methyl sites for hydroxylation is 1. The van der Waals surface area contributed by atoms with Gasteiger partial charge in [-0.2, -0.15) is 0 Å². The zero-order valence-corrected chi connectivity index (χ0v) is 11.3. The van der Waals surface area contributed by atoms with Crippen LogP contribution in [0.25, 0.3) is 0 Å². The van der Waals surface area contributed by atoms with Gasteiger partial charge in [-0.05, 0) is 24.6 Å². The molecule has 0 aliphatic rings. The van der Waals surface area contributed by atoms with Gasteiger partial charge >= 0.3 is 5.97 Å². The van der Waals surface area contributed by atoms with Crippen LogP contribution in [-0.4, -0.2) is 26.2 Å². The fraction of sp³-hybridized carbons (Fsp3) is 0.154. The number of nitrogens with one attached hydrogen (secondary N) is 1. The van der Waals surface area contributed by atoms with Crippen LogP contribution in [0.4, 0.5) is 11.5 Å². The van der Waals surface area contributed by atoms with Crippen LogP contribution in [0.3, 0.4) is 0 Å². The summed E-state index contributed by atoms with van der Waals surface area (Å²) >= 11 is 5.82. The van der Waals surface area contributed by atoms with Gasteiger partial charge in [-0.3, -0.25) is 4.79 Å². The summed E-state index contributed by atoms with van der Waals surface area (Å²) in [5.74, 6) is -0.0412. The number of aliphatic carboxylic acids is 1. The molecule has 0 aliphatic heterocycles. The van der Waals surface area contributed by atoms with Gasteiger partial charge in [0, 0.05) is 6.07 Å². The molecular formula is C13H12ClN3O3. The summed E-state index contributed by atoms with van der Waals surface area (Å²) in [6.45, 7) is 1.69. The molecule has 104 valence electrons. The van der Waals surface area contributed by atoms with Gasteiger partial charge in [0.25, 0.3) is 0 Å². The molecule has 0 radical (unpaired) electrons. The molecule has 0 saturated carbocycles. The van der Waals surface area contributed by atoms with Crippen LogP contribution in [-0.2, 0) is 11.2 Å². The third kappa shape index (κ3) is 3.58. The summed E-state index contributed by atoms with van der Waals surface area (Å²) < 4.78 is 0. The third-order valence-electron chi connectivity index (χ3n) is 2.49. The smallest absolute Gasteiger partial charge is 0.307 e. The normalized spacial score (nSPS) is 10.3. The molecule has 2 aromatic rings. The molecule has 0 aliphatic carbocycles. The minimum Gasteiger partial charge on any atom is -0.506 e. The Kier molecular flexibility index (Phi) is 4.05. The first-order valence-corrected chi connectivity index (χ1v) is 6.14. The molecule has 3 N–H and O–H groups in total. The van der Waals surface area contributed by atoms with Gasteiger partial charge in [0.1, 0.15) is 22.5 Å². The van der Waals surface area contributed by atoms with E-state index in [-0.39, 0.29) is 17.3 Å². The summed E-state index contributed by atoms with van der Waals surface area (Å²) in [5.41, 5.74) is 0.924. The Morgan fingerprint density at radius 2 is 2.10 bits per heavy atom. The first-order chi connectivity index (χ1) is 9.44. The van der Waals surface area contributed by atoms with Crippen LogP contribution in [0.1, 0.15) is 11.4 Å². The highest BCUT2D eigenvalue weighted by Crippen LogP contribution is 2.27. The Bertz CT molecular complexity index is 641. The number of halogens is 1. The first kappa shape index (κ1) is 14.1. The Morgan fingerprint density at radius 3 is 2.75 bits per heavy atom. The Morgan fingerprint density at radius 1 is 1.35 bits per heavy atom. The maximum atomic E-state index is 10.7. The summed E-state index contributed by atoms with van der Waals surface area (Å²) in [6, 6.07) is 6.04. The van der Waals surface area contributed by atoms with Gasteiger partial charge in [0.2, 0.25) is 0 Å². The van der Waals surface area contributed by atoms with Crippen molar-refractivity contribution in [2.75, 3.05) is 5.32 Å². The van der Waals surface area contributed by atoms with Gasteiger partial charge in [0.05, 0.1) is 12.1 Å². The number of aromatic hydroxyl groups is 1. The molecule has 0 fully saturated rings. The van der Waals surface area contributed by atoms with E-state index in [1.54, 1.807) is 19.1 Å². The predicted molar refractivity (Wildman–Crippen MR) is 74.5 cm³/mol. The van der Waals surface area contributed by atoms with E-state index in [0.717, 1.165) is 0 Å². The highest BCUT2D eigenvalue weighted by Gasteiger charge is 2.08. The van der Waals surface area contributed by atoms with Crippen LogP contribution in [0, 0.1) is 6.92 Å². The molecule has 0 bridgehead atoms. The van der Waals surface area contributed by atoms with Crippen molar-refractivity contribution in [1.29, 1.82) is 0 Å². The lowest BCUT2D eigenvalue weighted by atomic mass is 10.1. The molecule has 20 heavy (non-hydrogen) atoms. The second-order valence-electron chi connectivity index (χ2n) is 4.17. The van der Waals surface area contributed by atoms with Crippen molar-refractivity contribution in [3.63, 3.8) is 0 Å². The second kappa shape index (κ2) is 5.75. The third-order valence-corrected chi connectivity index (χ3v) is 2.68. The van der Waals surface area contributed by atoms with E-state index < -0.39 is 5.97 Å². The maximum absolute atomic E-state index is 10.7. The number of anilines is 2. The van der Waals surface area contributed by atoms with Crippen LogP contribution in [0.15, 0.2) is 24.3 Å². The zero-order valence-electron chi connectivity index (χ0n) is 10.6. The van der Waals surface area contributed by atoms with Crippen LogP contribution in [0.5, 0.6) is 5.75 Å². The number of carbonyl (C=O) groups is 1. The Hall–Kier alpha value is -2.34. The molecule has 1 aromatic heterocycles. The number of benzene rings is 1. The fourth-order valence-electron chi connectivity index (χ4n) is 1.70. The van der Waals surface area contributed by atoms with Crippen molar-refractivity contribution in [2.24, 2.45) is 0 Å². The summed E-state index contributed by atoms with van der Waals surface area (Å²) in [6.07, 6.45) is -0.126. The largest absolute Gasteiger partial charge is 0.506 e. The van der Waals surface area contributed by atoms with E-state index in [2.05, 4.69) is 15.3 Å². The lowest BCUT2D eigenvalue weighted by molar-refractivity contribution is -0.136. The Labute approximate surface area is 120 Å².